The van der Waals surface area contributed by atoms with E-state index in [-0.39, 0.29) is 5.41 Å². The number of para-hydroxylation sites is 2. The van der Waals surface area contributed by atoms with Gasteiger partial charge < -0.3 is 9.64 Å². The third-order valence-electron chi connectivity index (χ3n) is 6.34. The van der Waals surface area contributed by atoms with E-state index in [1.54, 1.807) is 0 Å². The number of hydrogen-bond donors (Lipinski definition) is 0. The van der Waals surface area contributed by atoms with E-state index in [2.05, 4.69) is 107 Å². The number of nitrogens with zero attached hydrogens (tertiary/aromatic N) is 1. The van der Waals surface area contributed by atoms with Gasteiger partial charge in [-0.3, -0.25) is 0 Å². The van der Waals surface area contributed by atoms with E-state index in [0.717, 1.165) is 22.9 Å². The molecule has 0 saturated carbocycles. The second kappa shape index (κ2) is 6.88. The first-order chi connectivity index (χ1) is 14.8. The Labute approximate surface area is 185 Å². The molecule has 156 valence electrons. The molecule has 5 rings (SSSR count). The standard InChI is InChI=1S/C29H29NO/c1-18-10-9-11-23-22(18)14-15-26-28(23)30(24-12-7-8-13-25(24)31-26)27-19(2)16-21(17-20(27)3)29(4,5)6/h7-17H,1-6H3. The van der Waals surface area contributed by atoms with Crippen LogP contribution in [0, 0.1) is 20.8 Å². The van der Waals surface area contributed by atoms with Gasteiger partial charge in [-0.2, -0.15) is 0 Å². The van der Waals surface area contributed by atoms with Crippen LogP contribution in [-0.2, 0) is 5.41 Å². The van der Waals surface area contributed by atoms with Crippen molar-refractivity contribution in [2.75, 3.05) is 4.90 Å². The number of fused-ring (bicyclic) bond motifs is 4. The molecule has 0 unspecified atom stereocenters. The maximum absolute atomic E-state index is 6.39. The first kappa shape index (κ1) is 19.7. The molecule has 0 spiro atoms. The average Bonchev–Trinajstić information content (AvgIpc) is 2.72. The molecule has 1 heterocycles. The highest BCUT2D eigenvalue weighted by molar-refractivity contribution is 6.05. The molecule has 0 atom stereocenters. The van der Waals surface area contributed by atoms with E-state index < -0.39 is 0 Å². The van der Waals surface area contributed by atoms with Crippen LogP contribution in [0.15, 0.2) is 66.7 Å². The number of hydrogen-bond acceptors (Lipinski definition) is 2. The zero-order chi connectivity index (χ0) is 21.9. The normalized spacial score (nSPS) is 13.0. The lowest BCUT2D eigenvalue weighted by Crippen LogP contribution is -2.19. The summed E-state index contributed by atoms with van der Waals surface area (Å²) in [7, 11) is 0. The molecule has 0 fully saturated rings. The van der Waals surface area contributed by atoms with E-state index in [0.29, 0.717) is 0 Å². The molecular weight excluding hydrogens is 378 g/mol. The summed E-state index contributed by atoms with van der Waals surface area (Å²) in [5.41, 5.74) is 8.73. The van der Waals surface area contributed by atoms with Crippen LogP contribution in [0.5, 0.6) is 11.5 Å². The van der Waals surface area contributed by atoms with Crippen LogP contribution >= 0.6 is 0 Å². The average molecular weight is 408 g/mol. The van der Waals surface area contributed by atoms with Gasteiger partial charge >= 0.3 is 0 Å². The molecule has 0 aliphatic carbocycles. The third-order valence-corrected chi connectivity index (χ3v) is 6.34. The predicted molar refractivity (Wildman–Crippen MR) is 132 cm³/mol. The van der Waals surface area contributed by atoms with Gasteiger partial charge in [0.2, 0.25) is 0 Å². The number of rotatable bonds is 1. The van der Waals surface area contributed by atoms with Crippen LogP contribution in [-0.4, -0.2) is 0 Å². The van der Waals surface area contributed by atoms with Gasteiger partial charge in [0.1, 0.15) is 0 Å². The van der Waals surface area contributed by atoms with Crippen LogP contribution in [0.2, 0.25) is 0 Å². The largest absolute Gasteiger partial charge is 0.453 e. The summed E-state index contributed by atoms with van der Waals surface area (Å²) in [5.74, 6) is 1.79. The fourth-order valence-electron chi connectivity index (χ4n) is 4.73. The van der Waals surface area contributed by atoms with E-state index in [4.69, 9.17) is 4.74 Å². The van der Waals surface area contributed by atoms with Gasteiger partial charge in [0, 0.05) is 5.39 Å². The van der Waals surface area contributed by atoms with Crippen LogP contribution in [0.3, 0.4) is 0 Å². The minimum absolute atomic E-state index is 0.110. The number of aryl methyl sites for hydroxylation is 3. The first-order valence-corrected chi connectivity index (χ1v) is 11.0. The highest BCUT2D eigenvalue weighted by atomic mass is 16.5. The van der Waals surface area contributed by atoms with Crippen LogP contribution in [0.4, 0.5) is 17.1 Å². The summed E-state index contributed by atoms with van der Waals surface area (Å²) < 4.78 is 6.39. The maximum Gasteiger partial charge on any atom is 0.152 e. The van der Waals surface area contributed by atoms with Crippen molar-refractivity contribution < 1.29 is 4.74 Å². The Morgan fingerprint density at radius 3 is 2.06 bits per heavy atom. The summed E-state index contributed by atoms with van der Waals surface area (Å²) in [5, 5.41) is 2.47. The lowest BCUT2D eigenvalue weighted by Gasteiger charge is -2.36. The second-order valence-corrected chi connectivity index (χ2v) is 9.70. The molecule has 4 aromatic rings. The summed E-state index contributed by atoms with van der Waals surface area (Å²) in [6.07, 6.45) is 0. The topological polar surface area (TPSA) is 12.5 Å². The Hall–Kier alpha value is -3.26. The summed E-state index contributed by atoms with van der Waals surface area (Å²) >= 11 is 0. The van der Waals surface area contributed by atoms with E-state index in [1.165, 1.54) is 38.7 Å². The Morgan fingerprint density at radius 1 is 0.645 bits per heavy atom. The molecule has 0 N–H and O–H groups in total. The minimum atomic E-state index is 0.110. The smallest absolute Gasteiger partial charge is 0.152 e. The van der Waals surface area contributed by atoms with E-state index >= 15 is 0 Å². The molecule has 0 amide bonds. The maximum atomic E-state index is 6.39. The Kier molecular flexibility index (Phi) is 4.37. The van der Waals surface area contributed by atoms with Crippen molar-refractivity contribution in [2.24, 2.45) is 0 Å². The van der Waals surface area contributed by atoms with Crippen molar-refractivity contribution in [2.45, 2.75) is 47.0 Å². The Balaban J connectivity index is 1.86. The molecular formula is C29H29NO. The molecule has 2 nitrogen and oxygen atoms in total. The number of anilines is 3. The highest BCUT2D eigenvalue weighted by Crippen LogP contribution is 2.54. The molecule has 31 heavy (non-hydrogen) atoms. The first-order valence-electron chi connectivity index (χ1n) is 11.0. The van der Waals surface area contributed by atoms with Crippen LogP contribution in [0.1, 0.15) is 43.0 Å². The SMILES string of the molecule is Cc1cc(C(C)(C)C)cc(C)c1N1c2ccccc2Oc2ccc3c(C)cccc3c21. The van der Waals surface area contributed by atoms with Gasteiger partial charge in [-0.1, -0.05) is 69.3 Å². The van der Waals surface area contributed by atoms with Gasteiger partial charge in [-0.15, -0.1) is 0 Å². The van der Waals surface area contributed by atoms with Crippen molar-refractivity contribution in [1.29, 1.82) is 0 Å². The van der Waals surface area contributed by atoms with Crippen molar-refractivity contribution in [3.8, 4) is 11.5 Å². The summed E-state index contributed by atoms with van der Waals surface area (Å²) in [6.45, 7) is 13.5. The molecule has 0 saturated heterocycles. The third kappa shape index (κ3) is 3.09. The molecule has 4 aromatic carbocycles. The monoisotopic (exact) mass is 407 g/mol. The fourth-order valence-corrected chi connectivity index (χ4v) is 4.73. The molecule has 0 aromatic heterocycles. The number of benzene rings is 4. The van der Waals surface area contributed by atoms with Crippen molar-refractivity contribution in [3.63, 3.8) is 0 Å². The van der Waals surface area contributed by atoms with Crippen LogP contribution < -0.4 is 9.64 Å². The summed E-state index contributed by atoms with van der Waals surface area (Å²) in [4.78, 5) is 2.41. The lowest BCUT2D eigenvalue weighted by atomic mass is 9.84. The summed E-state index contributed by atoms with van der Waals surface area (Å²) in [6, 6.07) is 23.8. The Bertz CT molecular complexity index is 1300. The van der Waals surface area contributed by atoms with Gasteiger partial charge in [0.05, 0.1) is 17.1 Å². The number of ether oxygens (including phenoxy) is 1. The lowest BCUT2D eigenvalue weighted by molar-refractivity contribution is 0.478. The minimum Gasteiger partial charge on any atom is -0.453 e. The van der Waals surface area contributed by atoms with Gasteiger partial charge in [-0.05, 0) is 72.0 Å². The molecule has 1 aliphatic heterocycles. The fraction of sp³-hybridized carbons (Fsp3) is 0.241. The molecule has 2 heteroatoms. The predicted octanol–water partition coefficient (Wildman–Crippen LogP) is 8.64. The van der Waals surface area contributed by atoms with E-state index in [9.17, 15) is 0 Å². The molecule has 0 radical (unpaired) electrons. The highest BCUT2D eigenvalue weighted by Gasteiger charge is 2.30. The Morgan fingerprint density at radius 2 is 1.35 bits per heavy atom. The molecule has 1 aliphatic rings. The van der Waals surface area contributed by atoms with Crippen LogP contribution in [0.25, 0.3) is 10.8 Å². The quantitative estimate of drug-likeness (QED) is 0.276. The van der Waals surface area contributed by atoms with Gasteiger partial charge in [-0.25, -0.2) is 0 Å². The zero-order valence-electron chi connectivity index (χ0n) is 19.2. The van der Waals surface area contributed by atoms with Crippen molar-refractivity contribution >= 4 is 27.8 Å². The van der Waals surface area contributed by atoms with Gasteiger partial charge in [0.15, 0.2) is 11.5 Å². The van der Waals surface area contributed by atoms with Crippen molar-refractivity contribution in [3.05, 3.63) is 89.0 Å². The van der Waals surface area contributed by atoms with Crippen molar-refractivity contribution in [1.82, 2.24) is 0 Å². The zero-order valence-corrected chi connectivity index (χ0v) is 19.2. The second-order valence-electron chi connectivity index (χ2n) is 9.70. The molecule has 0 bridgehead atoms. The van der Waals surface area contributed by atoms with E-state index in [1.807, 2.05) is 6.07 Å². The van der Waals surface area contributed by atoms with Gasteiger partial charge in [0.25, 0.3) is 0 Å².